The first-order valence-corrected chi connectivity index (χ1v) is 5.42. The van der Waals surface area contributed by atoms with Crippen LogP contribution in [0.25, 0.3) is 0 Å². The number of rotatable bonds is 4. The minimum atomic E-state index is -4.90. The highest BCUT2D eigenvalue weighted by Gasteiger charge is 2.34. The molecule has 1 aromatic rings. The number of halogens is 4. The van der Waals surface area contributed by atoms with Gasteiger partial charge in [-0.1, -0.05) is 6.07 Å². The van der Waals surface area contributed by atoms with Crippen molar-refractivity contribution in [3.63, 3.8) is 0 Å². The molecule has 0 radical (unpaired) electrons. The van der Waals surface area contributed by atoms with Gasteiger partial charge in [-0.25, -0.2) is 4.39 Å². The number of nitrogens with two attached hydrogens (primary N) is 1. The zero-order chi connectivity index (χ0) is 13.3. The van der Waals surface area contributed by atoms with Gasteiger partial charge in [0, 0.05) is 6.04 Å². The van der Waals surface area contributed by atoms with Crippen LogP contribution in [0.2, 0.25) is 0 Å². The minimum Gasteiger partial charge on any atom is -0.403 e. The summed E-state index contributed by atoms with van der Waals surface area (Å²) in [6.07, 6.45) is -2.96. The van der Waals surface area contributed by atoms with Crippen molar-refractivity contribution in [1.82, 2.24) is 5.43 Å². The summed E-state index contributed by atoms with van der Waals surface area (Å²) in [5.41, 5.74) is 3.07. The van der Waals surface area contributed by atoms with E-state index in [9.17, 15) is 17.6 Å². The molecule has 3 N–H and O–H groups in total. The van der Waals surface area contributed by atoms with Crippen LogP contribution in [0.1, 0.15) is 24.4 Å². The van der Waals surface area contributed by atoms with Crippen LogP contribution >= 0.6 is 0 Å². The van der Waals surface area contributed by atoms with Gasteiger partial charge in [0.1, 0.15) is 0 Å². The summed E-state index contributed by atoms with van der Waals surface area (Å²) in [6, 6.07) is 3.13. The quantitative estimate of drug-likeness (QED) is 0.499. The van der Waals surface area contributed by atoms with Crippen molar-refractivity contribution in [2.45, 2.75) is 25.2 Å². The number of hydrogen-bond acceptors (Lipinski definition) is 3. The fourth-order valence-electron chi connectivity index (χ4n) is 1.85. The third-order valence-corrected chi connectivity index (χ3v) is 2.81. The Balaban J connectivity index is 2.18. The van der Waals surface area contributed by atoms with Crippen molar-refractivity contribution in [3.05, 3.63) is 29.6 Å². The van der Waals surface area contributed by atoms with Gasteiger partial charge >= 0.3 is 6.36 Å². The van der Waals surface area contributed by atoms with Gasteiger partial charge in [-0.3, -0.25) is 11.3 Å². The summed E-state index contributed by atoms with van der Waals surface area (Å²) >= 11 is 0. The zero-order valence-corrected chi connectivity index (χ0v) is 9.30. The molecule has 1 saturated carbocycles. The number of ether oxygens (including phenoxy) is 1. The molecule has 1 aliphatic rings. The van der Waals surface area contributed by atoms with Gasteiger partial charge in [0.05, 0.1) is 0 Å². The maximum atomic E-state index is 13.5. The smallest absolute Gasteiger partial charge is 0.403 e. The van der Waals surface area contributed by atoms with E-state index in [1.165, 1.54) is 6.07 Å². The van der Waals surface area contributed by atoms with Crippen molar-refractivity contribution in [2.75, 3.05) is 0 Å². The summed E-state index contributed by atoms with van der Waals surface area (Å²) in [5.74, 6) is 3.78. The fraction of sp³-hybridized carbons (Fsp3) is 0.455. The van der Waals surface area contributed by atoms with E-state index in [1.54, 1.807) is 0 Å². The first-order chi connectivity index (χ1) is 8.40. The van der Waals surface area contributed by atoms with E-state index in [1.807, 2.05) is 0 Å². The zero-order valence-electron chi connectivity index (χ0n) is 9.30. The van der Waals surface area contributed by atoms with E-state index in [4.69, 9.17) is 5.84 Å². The van der Waals surface area contributed by atoms with E-state index in [2.05, 4.69) is 10.2 Å². The van der Waals surface area contributed by atoms with Crippen molar-refractivity contribution in [2.24, 2.45) is 11.8 Å². The second kappa shape index (κ2) is 4.74. The molecule has 0 aromatic heterocycles. The predicted octanol–water partition coefficient (Wildman–Crippen LogP) is 2.64. The molecule has 0 amide bonds. The lowest BCUT2D eigenvalue weighted by molar-refractivity contribution is -0.275. The Kier molecular flexibility index (Phi) is 3.45. The Labute approximate surface area is 101 Å². The molecular formula is C11H12F4N2O. The van der Waals surface area contributed by atoms with Gasteiger partial charge < -0.3 is 4.74 Å². The first kappa shape index (κ1) is 13.1. The molecule has 100 valence electrons. The molecule has 1 fully saturated rings. The normalized spacial score (nSPS) is 17.6. The molecule has 18 heavy (non-hydrogen) atoms. The molecule has 0 aliphatic heterocycles. The average molecular weight is 264 g/mol. The van der Waals surface area contributed by atoms with Crippen LogP contribution in [0.3, 0.4) is 0 Å². The van der Waals surface area contributed by atoms with Gasteiger partial charge in [-0.2, -0.15) is 0 Å². The van der Waals surface area contributed by atoms with Gasteiger partial charge in [-0.05, 0) is 36.5 Å². The van der Waals surface area contributed by atoms with Gasteiger partial charge in [-0.15, -0.1) is 13.2 Å². The number of hydrogen-bond donors (Lipinski definition) is 2. The molecule has 7 heteroatoms. The number of benzene rings is 1. The van der Waals surface area contributed by atoms with E-state index in [-0.39, 0.29) is 6.04 Å². The molecule has 1 aliphatic carbocycles. The summed E-state index contributed by atoms with van der Waals surface area (Å²) in [6.45, 7) is 0. The maximum Gasteiger partial charge on any atom is 0.573 e. The highest BCUT2D eigenvalue weighted by Crippen LogP contribution is 2.41. The van der Waals surface area contributed by atoms with E-state index < -0.39 is 17.9 Å². The van der Waals surface area contributed by atoms with Crippen molar-refractivity contribution in [3.8, 4) is 5.75 Å². The van der Waals surface area contributed by atoms with Crippen molar-refractivity contribution in [1.29, 1.82) is 0 Å². The van der Waals surface area contributed by atoms with E-state index in [0.717, 1.165) is 25.0 Å². The Hall–Kier alpha value is -1.34. The predicted molar refractivity (Wildman–Crippen MR) is 55.9 cm³/mol. The van der Waals surface area contributed by atoms with E-state index >= 15 is 0 Å². The molecule has 3 nitrogen and oxygen atoms in total. The molecule has 2 rings (SSSR count). The Morgan fingerprint density at radius 1 is 1.33 bits per heavy atom. The lowest BCUT2D eigenvalue weighted by Crippen LogP contribution is -2.29. The second-order valence-corrected chi connectivity index (χ2v) is 4.22. The molecule has 0 bridgehead atoms. The molecular weight excluding hydrogens is 252 g/mol. The van der Waals surface area contributed by atoms with Crippen molar-refractivity contribution >= 4 is 0 Å². The van der Waals surface area contributed by atoms with Gasteiger partial charge in [0.2, 0.25) is 0 Å². The fourth-order valence-corrected chi connectivity index (χ4v) is 1.85. The third kappa shape index (κ3) is 3.11. The van der Waals surface area contributed by atoms with Gasteiger partial charge in [0.25, 0.3) is 0 Å². The summed E-state index contributed by atoms with van der Waals surface area (Å²) < 4.78 is 52.9. The summed E-state index contributed by atoms with van der Waals surface area (Å²) in [4.78, 5) is 0. The van der Waals surface area contributed by atoms with Crippen LogP contribution < -0.4 is 16.0 Å². The molecule has 0 heterocycles. The maximum absolute atomic E-state index is 13.5. The van der Waals surface area contributed by atoms with Crippen LogP contribution in [-0.2, 0) is 0 Å². The third-order valence-electron chi connectivity index (χ3n) is 2.81. The lowest BCUT2D eigenvalue weighted by Gasteiger charge is -2.17. The second-order valence-electron chi connectivity index (χ2n) is 4.22. The van der Waals surface area contributed by atoms with Crippen LogP contribution in [0, 0.1) is 11.7 Å². The van der Waals surface area contributed by atoms with Crippen LogP contribution in [-0.4, -0.2) is 6.36 Å². The first-order valence-electron chi connectivity index (χ1n) is 5.42. The lowest BCUT2D eigenvalue weighted by atomic mass is 10.0. The number of nitrogens with one attached hydrogen (secondary N) is 1. The largest absolute Gasteiger partial charge is 0.573 e. The molecule has 1 aromatic carbocycles. The standard InChI is InChI=1S/C11H12F4N2O/c12-8-5-7(10(17-16)6-1-2-6)3-4-9(8)18-11(13,14)15/h3-6,10,17H,1-2,16H2. The number of alkyl halides is 3. The number of hydrazine groups is 1. The minimum absolute atomic E-state index is 0.237. The highest BCUT2D eigenvalue weighted by molar-refractivity contribution is 5.32. The van der Waals surface area contributed by atoms with E-state index in [0.29, 0.717) is 11.5 Å². The molecule has 0 spiro atoms. The molecule has 1 unspecified atom stereocenters. The monoisotopic (exact) mass is 264 g/mol. The highest BCUT2D eigenvalue weighted by atomic mass is 19.4. The van der Waals surface area contributed by atoms with Crippen LogP contribution in [0.15, 0.2) is 18.2 Å². The average Bonchev–Trinajstić information content (AvgIpc) is 3.05. The Morgan fingerprint density at radius 2 is 2.00 bits per heavy atom. The van der Waals surface area contributed by atoms with Crippen LogP contribution in [0.5, 0.6) is 5.75 Å². The Morgan fingerprint density at radius 3 is 2.44 bits per heavy atom. The molecule has 1 atom stereocenters. The summed E-state index contributed by atoms with van der Waals surface area (Å²) in [5, 5.41) is 0. The SMILES string of the molecule is NNC(c1ccc(OC(F)(F)F)c(F)c1)C1CC1. The van der Waals surface area contributed by atoms with Crippen LogP contribution in [0.4, 0.5) is 17.6 Å². The van der Waals surface area contributed by atoms with Crippen molar-refractivity contribution < 1.29 is 22.3 Å². The Bertz CT molecular complexity index is 432. The summed E-state index contributed by atoms with van der Waals surface area (Å²) in [7, 11) is 0. The molecule has 0 saturated heterocycles. The topological polar surface area (TPSA) is 47.3 Å². The van der Waals surface area contributed by atoms with Gasteiger partial charge in [0.15, 0.2) is 11.6 Å².